The number of hydrogen-bond donors (Lipinski definition) is 0. The second-order valence-electron chi connectivity index (χ2n) is 6.41. The number of carbonyl (C=O) groups excluding carboxylic acids is 1. The molecule has 0 amide bonds. The molecular formula is C22H14FNOS. The zero-order chi connectivity index (χ0) is 17.7. The normalized spacial score (nSPS) is 20.7. The molecule has 0 radical (unpaired) electrons. The zero-order valence-electron chi connectivity index (χ0n) is 13.7. The maximum Gasteiger partial charge on any atom is 0.174 e. The van der Waals surface area contributed by atoms with Crippen LogP contribution in [0.4, 0.5) is 10.1 Å². The molecule has 0 bridgehead atoms. The molecule has 0 saturated carbocycles. The van der Waals surface area contributed by atoms with Crippen LogP contribution in [0.3, 0.4) is 0 Å². The third kappa shape index (κ3) is 2.26. The molecule has 0 aromatic heterocycles. The summed E-state index contributed by atoms with van der Waals surface area (Å²) in [5, 5.41) is -0.349. The molecule has 0 unspecified atom stereocenters. The Morgan fingerprint density at radius 1 is 0.846 bits per heavy atom. The standard InChI is InChI=1S/C22H14FNOS/c23-16-10-4-3-9-15(16)22-19-20(13-7-1-2-8-14(13)21(19)25)24-17-11-5-6-12-18(17)26-22/h1-12,19,22H/t19-,22+/m1/s1. The van der Waals surface area contributed by atoms with E-state index in [1.165, 1.54) is 17.8 Å². The third-order valence-electron chi connectivity index (χ3n) is 4.92. The number of aliphatic imine (C=N–C) groups is 1. The molecule has 5 rings (SSSR count). The van der Waals surface area contributed by atoms with Crippen LogP contribution in [0.25, 0.3) is 0 Å². The first-order valence-electron chi connectivity index (χ1n) is 8.46. The van der Waals surface area contributed by atoms with Crippen molar-refractivity contribution in [2.45, 2.75) is 10.1 Å². The summed E-state index contributed by atoms with van der Waals surface area (Å²) >= 11 is 1.52. The second kappa shape index (κ2) is 5.92. The maximum absolute atomic E-state index is 14.6. The van der Waals surface area contributed by atoms with E-state index >= 15 is 0 Å². The highest BCUT2D eigenvalue weighted by atomic mass is 32.2. The van der Waals surface area contributed by atoms with E-state index in [0.717, 1.165) is 21.9 Å². The predicted octanol–water partition coefficient (Wildman–Crippen LogP) is 5.61. The van der Waals surface area contributed by atoms with Gasteiger partial charge in [-0.05, 0) is 18.2 Å². The fourth-order valence-electron chi connectivity index (χ4n) is 3.72. The second-order valence-corrected chi connectivity index (χ2v) is 7.60. The number of hydrogen-bond acceptors (Lipinski definition) is 3. The third-order valence-corrected chi connectivity index (χ3v) is 6.30. The lowest BCUT2D eigenvalue weighted by Crippen LogP contribution is -2.22. The Morgan fingerprint density at radius 3 is 2.38 bits per heavy atom. The molecular weight excluding hydrogens is 345 g/mol. The molecule has 1 aliphatic carbocycles. The Bertz CT molecular complexity index is 1070. The molecule has 26 heavy (non-hydrogen) atoms. The fourth-order valence-corrected chi connectivity index (χ4v) is 5.10. The highest BCUT2D eigenvalue weighted by molar-refractivity contribution is 7.99. The van der Waals surface area contributed by atoms with Crippen molar-refractivity contribution in [1.82, 2.24) is 0 Å². The SMILES string of the molecule is O=C1c2ccccc2C2=Nc3ccccc3S[C@@H](c3ccccc3F)[C@@H]12. The summed E-state index contributed by atoms with van der Waals surface area (Å²) in [7, 11) is 0. The van der Waals surface area contributed by atoms with Gasteiger partial charge in [0.2, 0.25) is 0 Å². The molecule has 2 aliphatic rings. The van der Waals surface area contributed by atoms with E-state index < -0.39 is 5.92 Å². The molecule has 3 aromatic rings. The van der Waals surface area contributed by atoms with Crippen molar-refractivity contribution < 1.29 is 9.18 Å². The largest absolute Gasteiger partial charge is 0.293 e. The lowest BCUT2D eigenvalue weighted by molar-refractivity contribution is 0.0960. The Kier molecular flexibility index (Phi) is 3.54. The molecule has 3 aromatic carbocycles. The number of ketones is 1. The van der Waals surface area contributed by atoms with E-state index in [1.807, 2.05) is 54.6 Å². The molecule has 0 N–H and O–H groups in total. The van der Waals surface area contributed by atoms with Gasteiger partial charge < -0.3 is 0 Å². The number of para-hydroxylation sites is 1. The van der Waals surface area contributed by atoms with Crippen LogP contribution >= 0.6 is 11.8 Å². The van der Waals surface area contributed by atoms with Crippen LogP contribution in [0.2, 0.25) is 0 Å². The molecule has 0 fully saturated rings. The van der Waals surface area contributed by atoms with Crippen LogP contribution < -0.4 is 0 Å². The average Bonchev–Trinajstić information content (AvgIpc) is 2.84. The Hall–Kier alpha value is -2.72. The van der Waals surface area contributed by atoms with Crippen LogP contribution in [0.15, 0.2) is 82.7 Å². The van der Waals surface area contributed by atoms with Crippen LogP contribution in [0.1, 0.15) is 26.7 Å². The first-order chi connectivity index (χ1) is 12.7. The van der Waals surface area contributed by atoms with Crippen molar-refractivity contribution in [2.75, 3.05) is 0 Å². The quantitative estimate of drug-likeness (QED) is 0.565. The summed E-state index contributed by atoms with van der Waals surface area (Å²) in [5.41, 5.74) is 3.67. The van der Waals surface area contributed by atoms with Gasteiger partial charge in [-0.1, -0.05) is 54.6 Å². The van der Waals surface area contributed by atoms with Gasteiger partial charge in [-0.25, -0.2) is 4.39 Å². The van der Waals surface area contributed by atoms with Gasteiger partial charge >= 0.3 is 0 Å². The van der Waals surface area contributed by atoms with Crippen LogP contribution in [0, 0.1) is 11.7 Å². The van der Waals surface area contributed by atoms with Crippen molar-refractivity contribution in [1.29, 1.82) is 0 Å². The van der Waals surface area contributed by atoms with Crippen molar-refractivity contribution in [2.24, 2.45) is 10.9 Å². The molecule has 1 heterocycles. The summed E-state index contributed by atoms with van der Waals surface area (Å²) in [6, 6.07) is 22.1. The van der Waals surface area contributed by atoms with E-state index in [0.29, 0.717) is 11.1 Å². The lowest BCUT2D eigenvalue weighted by atomic mass is 9.93. The van der Waals surface area contributed by atoms with E-state index in [2.05, 4.69) is 0 Å². The average molecular weight is 359 g/mol. The molecule has 126 valence electrons. The summed E-state index contributed by atoms with van der Waals surface area (Å²) in [4.78, 5) is 19.0. The number of nitrogens with zero attached hydrogens (tertiary/aromatic N) is 1. The topological polar surface area (TPSA) is 29.4 Å². The van der Waals surface area contributed by atoms with Gasteiger partial charge in [-0.3, -0.25) is 9.79 Å². The number of rotatable bonds is 1. The summed E-state index contributed by atoms with van der Waals surface area (Å²) in [6.45, 7) is 0. The summed E-state index contributed by atoms with van der Waals surface area (Å²) in [5.74, 6) is -0.748. The first-order valence-corrected chi connectivity index (χ1v) is 9.34. The highest BCUT2D eigenvalue weighted by Gasteiger charge is 2.44. The molecule has 0 saturated heterocycles. The van der Waals surface area contributed by atoms with E-state index in [-0.39, 0.29) is 16.9 Å². The number of thioether (sulfide) groups is 1. The maximum atomic E-state index is 14.6. The Morgan fingerprint density at radius 2 is 1.54 bits per heavy atom. The van der Waals surface area contributed by atoms with Crippen LogP contribution in [0.5, 0.6) is 0 Å². The minimum Gasteiger partial charge on any atom is -0.293 e. The molecule has 4 heteroatoms. The lowest BCUT2D eigenvalue weighted by Gasteiger charge is -2.22. The van der Waals surface area contributed by atoms with Gasteiger partial charge in [0.05, 0.1) is 22.6 Å². The van der Waals surface area contributed by atoms with Gasteiger partial charge in [0.25, 0.3) is 0 Å². The molecule has 2 atom stereocenters. The number of Topliss-reactive ketones (excluding diaryl/α,β-unsaturated/α-hetero) is 1. The van der Waals surface area contributed by atoms with Gasteiger partial charge in [-0.15, -0.1) is 11.8 Å². The van der Waals surface area contributed by atoms with Gasteiger partial charge in [0.15, 0.2) is 5.78 Å². The van der Waals surface area contributed by atoms with Crippen molar-refractivity contribution in [3.8, 4) is 0 Å². The molecule has 0 spiro atoms. The van der Waals surface area contributed by atoms with E-state index in [1.54, 1.807) is 12.1 Å². The van der Waals surface area contributed by atoms with Crippen molar-refractivity contribution >= 4 is 28.9 Å². The smallest absolute Gasteiger partial charge is 0.174 e. The van der Waals surface area contributed by atoms with E-state index in [9.17, 15) is 9.18 Å². The van der Waals surface area contributed by atoms with E-state index in [4.69, 9.17) is 4.99 Å². The zero-order valence-corrected chi connectivity index (χ0v) is 14.5. The van der Waals surface area contributed by atoms with Gasteiger partial charge in [0.1, 0.15) is 5.82 Å². The number of fused-ring (bicyclic) bond motifs is 4. The van der Waals surface area contributed by atoms with Gasteiger partial charge in [-0.2, -0.15) is 0 Å². The molecule has 2 nitrogen and oxygen atoms in total. The first kappa shape index (κ1) is 15.5. The minimum atomic E-state index is -0.485. The Balaban J connectivity index is 1.78. The monoisotopic (exact) mass is 359 g/mol. The minimum absolute atomic E-state index is 0.0212. The van der Waals surface area contributed by atoms with Crippen molar-refractivity contribution in [3.05, 3.63) is 95.3 Å². The summed E-state index contributed by atoms with van der Waals surface area (Å²) in [6.07, 6.45) is 0. The molecule has 1 aliphatic heterocycles. The summed E-state index contributed by atoms with van der Waals surface area (Å²) < 4.78 is 14.6. The predicted molar refractivity (Wildman–Crippen MR) is 102 cm³/mol. The van der Waals surface area contributed by atoms with Crippen LogP contribution in [-0.4, -0.2) is 11.5 Å². The highest BCUT2D eigenvalue weighted by Crippen LogP contribution is 2.51. The number of halogens is 1. The number of carbonyl (C=O) groups is 1. The van der Waals surface area contributed by atoms with Gasteiger partial charge in [0, 0.05) is 21.6 Å². The van der Waals surface area contributed by atoms with Crippen molar-refractivity contribution in [3.63, 3.8) is 0 Å². The fraction of sp³-hybridized carbons (Fsp3) is 0.0909. The van der Waals surface area contributed by atoms with Crippen LogP contribution in [-0.2, 0) is 0 Å². The number of benzene rings is 3. The Labute approximate surface area is 154 Å².